The smallest absolute Gasteiger partial charge is 0.239 e. The summed E-state index contributed by atoms with van der Waals surface area (Å²) in [6.45, 7) is 3.85. The van der Waals surface area contributed by atoms with Crippen molar-refractivity contribution in [1.29, 1.82) is 0 Å². The molecule has 1 saturated heterocycles. The number of amides is 1. The molecule has 1 rings (SSSR count). The highest BCUT2D eigenvalue weighted by Gasteiger charge is 2.25. The van der Waals surface area contributed by atoms with Gasteiger partial charge in [-0.1, -0.05) is 19.8 Å². The third-order valence-electron chi connectivity index (χ3n) is 3.37. The standard InChI is InChI=1S/C12H24N2O2.ClH/c1-2-3-4-11(13)12(16)14-7-5-10(9-15)6-8-14;/h10-11,15H,2-9,13H2,1H3;1H. The third-order valence-corrected chi connectivity index (χ3v) is 3.37. The zero-order valence-corrected chi connectivity index (χ0v) is 11.4. The lowest BCUT2D eigenvalue weighted by atomic mass is 9.97. The molecule has 0 spiro atoms. The van der Waals surface area contributed by atoms with Crippen LogP contribution in [0.3, 0.4) is 0 Å². The number of aliphatic hydroxyl groups is 1. The molecule has 0 aromatic heterocycles. The molecule has 1 atom stereocenters. The average molecular weight is 265 g/mol. The normalized spacial score (nSPS) is 18.6. The first-order valence-electron chi connectivity index (χ1n) is 6.34. The van der Waals surface area contributed by atoms with Crippen LogP contribution in [0.4, 0.5) is 0 Å². The van der Waals surface area contributed by atoms with Crippen molar-refractivity contribution in [1.82, 2.24) is 4.90 Å². The minimum Gasteiger partial charge on any atom is -0.396 e. The largest absolute Gasteiger partial charge is 0.396 e. The lowest BCUT2D eigenvalue weighted by molar-refractivity contribution is -0.134. The van der Waals surface area contributed by atoms with Gasteiger partial charge in [-0.3, -0.25) is 4.79 Å². The van der Waals surface area contributed by atoms with Crippen LogP contribution in [0.2, 0.25) is 0 Å². The van der Waals surface area contributed by atoms with E-state index in [2.05, 4.69) is 6.92 Å². The summed E-state index contributed by atoms with van der Waals surface area (Å²) in [7, 11) is 0. The SMILES string of the molecule is CCCCC(N)C(=O)N1CCC(CO)CC1.Cl. The van der Waals surface area contributed by atoms with E-state index in [0.717, 1.165) is 45.2 Å². The molecule has 102 valence electrons. The lowest BCUT2D eigenvalue weighted by Crippen LogP contribution is -2.47. The monoisotopic (exact) mass is 264 g/mol. The molecule has 0 bridgehead atoms. The molecule has 1 unspecified atom stereocenters. The van der Waals surface area contributed by atoms with E-state index in [9.17, 15) is 4.79 Å². The molecule has 0 radical (unpaired) electrons. The summed E-state index contributed by atoms with van der Waals surface area (Å²) < 4.78 is 0. The van der Waals surface area contributed by atoms with Crippen LogP contribution in [0.1, 0.15) is 39.0 Å². The summed E-state index contributed by atoms with van der Waals surface area (Å²) in [5.74, 6) is 0.459. The second kappa shape index (κ2) is 8.72. The maximum Gasteiger partial charge on any atom is 0.239 e. The van der Waals surface area contributed by atoms with E-state index >= 15 is 0 Å². The van der Waals surface area contributed by atoms with Gasteiger partial charge in [-0.25, -0.2) is 0 Å². The number of piperidine rings is 1. The van der Waals surface area contributed by atoms with Crippen LogP contribution in [0, 0.1) is 5.92 Å². The van der Waals surface area contributed by atoms with E-state index in [4.69, 9.17) is 10.8 Å². The number of likely N-dealkylation sites (tertiary alicyclic amines) is 1. The Bertz CT molecular complexity index is 219. The Morgan fingerprint density at radius 1 is 1.47 bits per heavy atom. The van der Waals surface area contributed by atoms with Crippen LogP contribution in [-0.4, -0.2) is 41.7 Å². The zero-order chi connectivity index (χ0) is 12.0. The van der Waals surface area contributed by atoms with Crippen molar-refractivity contribution in [2.24, 2.45) is 11.7 Å². The van der Waals surface area contributed by atoms with E-state index < -0.39 is 0 Å². The second-order valence-electron chi connectivity index (χ2n) is 4.70. The first-order chi connectivity index (χ1) is 7.69. The fourth-order valence-corrected chi connectivity index (χ4v) is 2.12. The number of nitrogens with two attached hydrogens (primary N) is 1. The number of rotatable bonds is 5. The number of halogens is 1. The number of hydrogen-bond acceptors (Lipinski definition) is 3. The Hall–Kier alpha value is -0.320. The number of carbonyl (C=O) groups excluding carboxylic acids is 1. The minimum absolute atomic E-state index is 0. The molecule has 1 heterocycles. The second-order valence-corrected chi connectivity index (χ2v) is 4.70. The molecule has 1 fully saturated rings. The minimum atomic E-state index is -0.328. The molecule has 17 heavy (non-hydrogen) atoms. The van der Waals surface area contributed by atoms with Gasteiger partial charge in [-0.15, -0.1) is 12.4 Å². The lowest BCUT2D eigenvalue weighted by Gasteiger charge is -2.32. The highest BCUT2D eigenvalue weighted by Crippen LogP contribution is 2.17. The molecular weight excluding hydrogens is 240 g/mol. The van der Waals surface area contributed by atoms with E-state index in [1.165, 1.54) is 0 Å². The van der Waals surface area contributed by atoms with Gasteiger partial charge < -0.3 is 15.7 Å². The molecule has 1 amide bonds. The molecule has 5 heteroatoms. The van der Waals surface area contributed by atoms with Crippen molar-refractivity contribution >= 4 is 18.3 Å². The Morgan fingerprint density at radius 2 is 2.06 bits per heavy atom. The van der Waals surface area contributed by atoms with Gasteiger partial charge in [-0.05, 0) is 25.2 Å². The number of hydrogen-bond donors (Lipinski definition) is 2. The summed E-state index contributed by atoms with van der Waals surface area (Å²) >= 11 is 0. The molecule has 4 nitrogen and oxygen atoms in total. The van der Waals surface area contributed by atoms with Crippen LogP contribution in [0.15, 0.2) is 0 Å². The summed E-state index contributed by atoms with van der Waals surface area (Å²) in [6, 6.07) is -0.328. The van der Waals surface area contributed by atoms with Gasteiger partial charge >= 0.3 is 0 Å². The van der Waals surface area contributed by atoms with Gasteiger partial charge in [0.05, 0.1) is 6.04 Å². The maximum absolute atomic E-state index is 11.9. The molecule has 1 aliphatic rings. The van der Waals surface area contributed by atoms with Gasteiger partial charge in [0.25, 0.3) is 0 Å². The maximum atomic E-state index is 11.9. The van der Waals surface area contributed by atoms with E-state index in [-0.39, 0.29) is 31.0 Å². The summed E-state index contributed by atoms with van der Waals surface area (Å²) in [6.07, 6.45) is 4.69. The van der Waals surface area contributed by atoms with Crippen LogP contribution in [0.5, 0.6) is 0 Å². The average Bonchev–Trinajstić information content (AvgIpc) is 2.35. The number of aliphatic hydroxyl groups excluding tert-OH is 1. The number of unbranched alkanes of at least 4 members (excludes halogenated alkanes) is 1. The predicted molar refractivity (Wildman–Crippen MR) is 71.1 cm³/mol. The molecule has 3 N–H and O–H groups in total. The Kier molecular flexibility index (Phi) is 8.56. The van der Waals surface area contributed by atoms with Crippen molar-refractivity contribution in [3.63, 3.8) is 0 Å². The Morgan fingerprint density at radius 3 is 2.53 bits per heavy atom. The predicted octanol–water partition coefficient (Wildman–Crippen LogP) is 1.16. The van der Waals surface area contributed by atoms with E-state index in [1.54, 1.807) is 0 Å². The van der Waals surface area contributed by atoms with Crippen LogP contribution >= 0.6 is 12.4 Å². The van der Waals surface area contributed by atoms with Crippen LogP contribution in [-0.2, 0) is 4.79 Å². The van der Waals surface area contributed by atoms with Gasteiger partial charge in [0.2, 0.25) is 5.91 Å². The van der Waals surface area contributed by atoms with Crippen LogP contribution in [0.25, 0.3) is 0 Å². The quantitative estimate of drug-likeness (QED) is 0.783. The van der Waals surface area contributed by atoms with Gasteiger partial charge in [0.1, 0.15) is 0 Å². The van der Waals surface area contributed by atoms with Crippen LogP contribution < -0.4 is 5.73 Å². The highest BCUT2D eigenvalue weighted by atomic mass is 35.5. The first kappa shape index (κ1) is 16.7. The van der Waals surface area contributed by atoms with Gasteiger partial charge in [0, 0.05) is 19.7 Å². The molecule has 1 aliphatic heterocycles. The number of nitrogens with zero attached hydrogens (tertiary/aromatic N) is 1. The highest BCUT2D eigenvalue weighted by molar-refractivity contribution is 5.85. The van der Waals surface area contributed by atoms with Crippen molar-refractivity contribution in [3.8, 4) is 0 Å². The molecule has 0 saturated carbocycles. The zero-order valence-electron chi connectivity index (χ0n) is 10.6. The summed E-state index contributed by atoms with van der Waals surface area (Å²) in [5, 5.41) is 9.01. The van der Waals surface area contributed by atoms with E-state index in [1.807, 2.05) is 4.90 Å². The van der Waals surface area contributed by atoms with Gasteiger partial charge in [-0.2, -0.15) is 0 Å². The van der Waals surface area contributed by atoms with E-state index in [0.29, 0.717) is 5.92 Å². The molecule has 0 aromatic rings. The molecule has 0 aliphatic carbocycles. The number of carbonyl (C=O) groups is 1. The third kappa shape index (κ3) is 5.23. The topological polar surface area (TPSA) is 66.6 Å². The van der Waals surface area contributed by atoms with Gasteiger partial charge in [0.15, 0.2) is 0 Å². The van der Waals surface area contributed by atoms with Crippen molar-refractivity contribution in [2.75, 3.05) is 19.7 Å². The summed E-state index contributed by atoms with van der Waals surface area (Å²) in [5.41, 5.74) is 5.86. The Balaban J connectivity index is 0.00000256. The van der Waals surface area contributed by atoms with Crippen molar-refractivity contribution in [3.05, 3.63) is 0 Å². The molecule has 0 aromatic carbocycles. The first-order valence-corrected chi connectivity index (χ1v) is 6.34. The fourth-order valence-electron chi connectivity index (χ4n) is 2.12. The van der Waals surface area contributed by atoms with Crippen molar-refractivity contribution in [2.45, 2.75) is 45.1 Å². The fraction of sp³-hybridized carbons (Fsp3) is 0.917. The Labute approximate surface area is 110 Å². The molecular formula is C12H25ClN2O2. The van der Waals surface area contributed by atoms with Crippen molar-refractivity contribution < 1.29 is 9.90 Å². The summed E-state index contributed by atoms with van der Waals surface area (Å²) in [4.78, 5) is 13.8.